The summed E-state index contributed by atoms with van der Waals surface area (Å²) in [4.78, 5) is 36.9. The number of hydrogen-bond acceptors (Lipinski definition) is 7. The Balaban J connectivity index is 2.11. The van der Waals surface area contributed by atoms with Gasteiger partial charge in [0.25, 0.3) is 0 Å². The van der Waals surface area contributed by atoms with Gasteiger partial charge >= 0.3 is 5.97 Å². The second-order valence-electron chi connectivity index (χ2n) is 5.33. The van der Waals surface area contributed by atoms with Crippen LogP contribution in [0.2, 0.25) is 0 Å². The molecule has 1 aromatic heterocycles. The van der Waals surface area contributed by atoms with Crippen LogP contribution in [0.1, 0.15) is 38.1 Å². The van der Waals surface area contributed by atoms with E-state index in [-0.39, 0.29) is 23.8 Å². The molecule has 0 spiro atoms. The summed E-state index contributed by atoms with van der Waals surface area (Å²) in [5, 5.41) is 14.3. The zero-order chi connectivity index (χ0) is 19.3. The number of carbonyl (C=O) groups is 3. The molecule has 0 saturated heterocycles. The van der Waals surface area contributed by atoms with Gasteiger partial charge < -0.3 is 20.0 Å². The van der Waals surface area contributed by atoms with Gasteiger partial charge in [0, 0.05) is 15.3 Å². The molecular weight excluding hydrogens is 374 g/mol. The minimum atomic E-state index is -1.29. The number of esters is 1. The van der Waals surface area contributed by atoms with Crippen LogP contribution < -0.4 is 10.4 Å². The molecule has 0 saturated carbocycles. The highest BCUT2D eigenvalue weighted by molar-refractivity contribution is 8.00. The number of amides is 1. The summed E-state index contributed by atoms with van der Waals surface area (Å²) in [6.45, 7) is 5.63. The average Bonchev–Trinajstić information content (AvgIpc) is 2.87. The van der Waals surface area contributed by atoms with Crippen molar-refractivity contribution in [2.24, 2.45) is 0 Å². The van der Waals surface area contributed by atoms with Crippen molar-refractivity contribution in [3.8, 4) is 0 Å². The maximum absolute atomic E-state index is 12.3. The number of carboxylic acids is 1. The standard InChI is InChI=1S/C18H19NO5S2/c1-4-24-18(23)15-10(2)11(3)26-16(15)19-14(20)9-25-13-8-6-5-7-12(13)17(21)22/h5-8H,4,9H2,1-3H3,(H,19,20)(H,21,22)/p-1. The molecular formula is C18H18NO5S2-. The molecule has 0 radical (unpaired) electrons. The Bertz CT molecular complexity index is 844. The topological polar surface area (TPSA) is 95.5 Å². The van der Waals surface area contributed by atoms with Crippen molar-refractivity contribution in [2.75, 3.05) is 17.7 Å². The first-order chi connectivity index (χ1) is 12.3. The fraction of sp³-hybridized carbons (Fsp3) is 0.278. The molecule has 6 nitrogen and oxygen atoms in total. The van der Waals surface area contributed by atoms with Crippen molar-refractivity contribution in [3.63, 3.8) is 0 Å². The lowest BCUT2D eigenvalue weighted by molar-refractivity contribution is -0.255. The molecule has 26 heavy (non-hydrogen) atoms. The number of anilines is 1. The second-order valence-corrected chi connectivity index (χ2v) is 7.57. The van der Waals surface area contributed by atoms with Crippen LogP contribution in [0.25, 0.3) is 0 Å². The molecule has 1 N–H and O–H groups in total. The summed E-state index contributed by atoms with van der Waals surface area (Å²) in [5.41, 5.74) is 1.18. The van der Waals surface area contributed by atoms with E-state index in [1.807, 2.05) is 6.92 Å². The Morgan fingerprint density at radius 2 is 1.92 bits per heavy atom. The summed E-state index contributed by atoms with van der Waals surface area (Å²) in [6, 6.07) is 6.34. The molecule has 1 aromatic carbocycles. The fourth-order valence-corrected chi connectivity index (χ4v) is 4.14. The van der Waals surface area contributed by atoms with Gasteiger partial charge in [-0.1, -0.05) is 18.2 Å². The SMILES string of the molecule is CCOC(=O)c1c(NC(=O)CSc2ccccc2C(=O)[O-])sc(C)c1C. The first-order valence-electron chi connectivity index (χ1n) is 7.85. The maximum Gasteiger partial charge on any atom is 0.341 e. The van der Waals surface area contributed by atoms with Crippen molar-refractivity contribution in [1.82, 2.24) is 0 Å². The highest BCUT2D eigenvalue weighted by atomic mass is 32.2. The predicted octanol–water partition coefficient (Wildman–Crippen LogP) is 2.64. The lowest BCUT2D eigenvalue weighted by Gasteiger charge is -2.10. The largest absolute Gasteiger partial charge is 0.545 e. The third-order valence-corrected chi connectivity index (χ3v) is 5.78. The van der Waals surface area contributed by atoms with Crippen LogP contribution in [0.5, 0.6) is 0 Å². The zero-order valence-corrected chi connectivity index (χ0v) is 16.2. The number of rotatable bonds is 7. The third-order valence-electron chi connectivity index (χ3n) is 3.58. The van der Waals surface area contributed by atoms with Crippen molar-refractivity contribution in [1.29, 1.82) is 0 Å². The van der Waals surface area contributed by atoms with Crippen molar-refractivity contribution >= 4 is 45.9 Å². The molecule has 1 heterocycles. The highest BCUT2D eigenvalue weighted by Gasteiger charge is 2.22. The van der Waals surface area contributed by atoms with Crippen LogP contribution >= 0.6 is 23.1 Å². The normalized spacial score (nSPS) is 10.4. The molecule has 0 bridgehead atoms. The second kappa shape index (κ2) is 8.86. The highest BCUT2D eigenvalue weighted by Crippen LogP contribution is 2.33. The van der Waals surface area contributed by atoms with E-state index in [0.717, 1.165) is 22.2 Å². The Kier molecular flexibility index (Phi) is 6.82. The number of thioether (sulfide) groups is 1. The molecule has 1 amide bonds. The van der Waals surface area contributed by atoms with Gasteiger partial charge in [0.1, 0.15) is 5.00 Å². The predicted molar refractivity (Wildman–Crippen MR) is 99.9 cm³/mol. The zero-order valence-electron chi connectivity index (χ0n) is 14.6. The average molecular weight is 392 g/mol. The number of thiophene rings is 1. The van der Waals surface area contributed by atoms with E-state index in [9.17, 15) is 19.5 Å². The van der Waals surface area contributed by atoms with Gasteiger partial charge in [-0.05, 0) is 32.4 Å². The quantitative estimate of drug-likeness (QED) is 0.575. The summed E-state index contributed by atoms with van der Waals surface area (Å²) < 4.78 is 5.05. The Morgan fingerprint density at radius 3 is 2.58 bits per heavy atom. The lowest BCUT2D eigenvalue weighted by Crippen LogP contribution is -2.23. The van der Waals surface area contributed by atoms with Gasteiger partial charge in [0.2, 0.25) is 5.91 Å². The minimum Gasteiger partial charge on any atom is -0.545 e. The first kappa shape index (κ1) is 20.0. The van der Waals surface area contributed by atoms with E-state index in [1.54, 1.807) is 32.0 Å². The fourth-order valence-electron chi connectivity index (χ4n) is 2.23. The third kappa shape index (κ3) is 4.64. The molecule has 0 fully saturated rings. The number of benzene rings is 1. The molecule has 2 aromatic rings. The molecule has 138 valence electrons. The van der Waals surface area contributed by atoms with Crippen LogP contribution in [-0.4, -0.2) is 30.2 Å². The Morgan fingerprint density at radius 1 is 1.23 bits per heavy atom. The number of carboxylic acid groups (broad SMARTS) is 1. The summed E-state index contributed by atoms with van der Waals surface area (Å²) in [6.07, 6.45) is 0. The molecule has 0 aliphatic rings. The van der Waals surface area contributed by atoms with Crippen LogP contribution in [0.4, 0.5) is 5.00 Å². The summed E-state index contributed by atoms with van der Waals surface area (Å²) in [7, 11) is 0. The molecule has 8 heteroatoms. The molecule has 0 aliphatic heterocycles. The summed E-state index contributed by atoms with van der Waals surface area (Å²) in [5.74, 6) is -2.10. The van der Waals surface area contributed by atoms with Gasteiger partial charge in [-0.15, -0.1) is 23.1 Å². The smallest absolute Gasteiger partial charge is 0.341 e. The van der Waals surface area contributed by atoms with Gasteiger partial charge in [0.15, 0.2) is 0 Å². The van der Waals surface area contributed by atoms with E-state index < -0.39 is 11.9 Å². The first-order valence-corrected chi connectivity index (χ1v) is 9.65. The van der Waals surface area contributed by atoms with Crippen molar-refractivity contribution in [3.05, 3.63) is 45.8 Å². The minimum absolute atomic E-state index is 0.00253. The van der Waals surface area contributed by atoms with Crippen LogP contribution in [0.15, 0.2) is 29.2 Å². The Labute approximate surface area is 159 Å². The number of aryl methyl sites for hydroxylation is 1. The van der Waals surface area contributed by atoms with Crippen LogP contribution in [-0.2, 0) is 9.53 Å². The summed E-state index contributed by atoms with van der Waals surface area (Å²) >= 11 is 2.40. The van der Waals surface area contributed by atoms with E-state index in [0.29, 0.717) is 15.5 Å². The van der Waals surface area contributed by atoms with Crippen molar-refractivity contribution < 1.29 is 24.2 Å². The van der Waals surface area contributed by atoms with E-state index in [4.69, 9.17) is 4.74 Å². The van der Waals surface area contributed by atoms with Gasteiger partial charge in [-0.2, -0.15) is 0 Å². The number of hydrogen-bond donors (Lipinski definition) is 1. The number of nitrogens with one attached hydrogen (secondary N) is 1. The van der Waals surface area contributed by atoms with Gasteiger partial charge in [-0.3, -0.25) is 4.79 Å². The van der Waals surface area contributed by atoms with Gasteiger partial charge in [-0.25, -0.2) is 4.79 Å². The molecule has 0 unspecified atom stereocenters. The van der Waals surface area contributed by atoms with Gasteiger partial charge in [0.05, 0.1) is 23.9 Å². The molecule has 0 aliphatic carbocycles. The van der Waals surface area contributed by atoms with Crippen LogP contribution in [0, 0.1) is 13.8 Å². The Hall–Kier alpha value is -2.32. The van der Waals surface area contributed by atoms with E-state index in [1.165, 1.54) is 17.4 Å². The van der Waals surface area contributed by atoms with E-state index in [2.05, 4.69) is 5.32 Å². The number of carbonyl (C=O) groups excluding carboxylic acids is 3. The number of ether oxygens (including phenoxy) is 1. The van der Waals surface area contributed by atoms with Crippen molar-refractivity contribution in [2.45, 2.75) is 25.7 Å². The maximum atomic E-state index is 12.3. The number of aromatic carboxylic acids is 1. The van der Waals surface area contributed by atoms with E-state index >= 15 is 0 Å². The monoisotopic (exact) mass is 392 g/mol. The lowest BCUT2D eigenvalue weighted by atomic mass is 10.1. The van der Waals surface area contributed by atoms with Crippen LogP contribution in [0.3, 0.4) is 0 Å². The molecule has 2 rings (SSSR count). The molecule has 0 atom stereocenters.